The van der Waals surface area contributed by atoms with Gasteiger partial charge in [0.05, 0.1) is 22.7 Å². The number of carbonyl (C=O) groups is 1. The normalized spacial score (nSPS) is 11.5. The van der Waals surface area contributed by atoms with Crippen molar-refractivity contribution in [3.63, 3.8) is 0 Å². The summed E-state index contributed by atoms with van der Waals surface area (Å²) in [5, 5.41) is 2.58. The molecule has 0 saturated heterocycles. The maximum atomic E-state index is 13.0. The summed E-state index contributed by atoms with van der Waals surface area (Å²) >= 11 is 6.16. The van der Waals surface area contributed by atoms with Crippen molar-refractivity contribution in [2.45, 2.75) is 16.7 Å². The Morgan fingerprint density at radius 3 is 2.05 bits per heavy atom. The quantitative estimate of drug-likeness (QED) is 0.237. The van der Waals surface area contributed by atoms with Gasteiger partial charge in [-0.25, -0.2) is 16.8 Å². The van der Waals surface area contributed by atoms with Crippen LogP contribution in [0.1, 0.15) is 15.9 Å². The van der Waals surface area contributed by atoms with E-state index in [0.717, 1.165) is 5.56 Å². The number of rotatable bonds is 9. The third-order valence-electron chi connectivity index (χ3n) is 5.64. The van der Waals surface area contributed by atoms with Gasteiger partial charge in [-0.15, -0.1) is 0 Å². The summed E-state index contributed by atoms with van der Waals surface area (Å²) in [6.45, 7) is 1.76. The van der Waals surface area contributed by atoms with E-state index >= 15 is 0 Å². The van der Waals surface area contributed by atoms with Gasteiger partial charge in [0.2, 0.25) is 0 Å². The first-order chi connectivity index (χ1) is 18.5. The first-order valence-electron chi connectivity index (χ1n) is 11.4. The van der Waals surface area contributed by atoms with Crippen LogP contribution in [0.4, 0.5) is 17.1 Å². The average molecular weight is 586 g/mol. The SMILES string of the molecule is COc1ccc(NS(=O)(=O)c2ccc(NC(=O)c3ccc(Cl)c(S(=O)(=O)Nc4ccccc4C)c3)cc2)cc1. The first-order valence-corrected chi connectivity index (χ1v) is 14.8. The molecule has 0 spiro atoms. The summed E-state index contributed by atoms with van der Waals surface area (Å²) < 4.78 is 61.5. The van der Waals surface area contributed by atoms with Crippen molar-refractivity contribution in [2.24, 2.45) is 0 Å². The Morgan fingerprint density at radius 2 is 1.41 bits per heavy atom. The molecule has 4 aromatic carbocycles. The summed E-state index contributed by atoms with van der Waals surface area (Å²) in [6.07, 6.45) is 0. The molecule has 0 aliphatic rings. The second kappa shape index (κ2) is 11.4. The lowest BCUT2D eigenvalue weighted by Crippen LogP contribution is -2.17. The highest BCUT2D eigenvalue weighted by Crippen LogP contribution is 2.27. The fourth-order valence-corrected chi connectivity index (χ4v) is 6.25. The number of anilines is 3. The number of carbonyl (C=O) groups excluding carboxylic acids is 1. The zero-order chi connectivity index (χ0) is 28.2. The molecule has 9 nitrogen and oxygen atoms in total. The van der Waals surface area contributed by atoms with Crippen LogP contribution in [0.25, 0.3) is 0 Å². The molecule has 0 atom stereocenters. The minimum absolute atomic E-state index is 0.0153. The second-order valence-electron chi connectivity index (χ2n) is 8.38. The van der Waals surface area contributed by atoms with Gasteiger partial charge in [0.15, 0.2) is 0 Å². The molecule has 12 heteroatoms. The highest BCUT2D eigenvalue weighted by molar-refractivity contribution is 7.93. The van der Waals surface area contributed by atoms with Crippen molar-refractivity contribution in [1.82, 2.24) is 0 Å². The van der Waals surface area contributed by atoms with Gasteiger partial charge in [-0.05, 0) is 85.3 Å². The van der Waals surface area contributed by atoms with Crippen molar-refractivity contribution in [1.29, 1.82) is 0 Å². The van der Waals surface area contributed by atoms with E-state index in [1.165, 1.54) is 49.6 Å². The monoisotopic (exact) mass is 585 g/mol. The second-order valence-corrected chi connectivity index (χ2v) is 12.1. The molecule has 0 bridgehead atoms. The standard InChI is InChI=1S/C27H24ClN3O6S2/c1-18-5-3-4-6-25(18)31-39(35,36)26-17-19(7-16-24(26)28)27(32)29-20-10-14-23(15-11-20)38(33,34)30-21-8-12-22(37-2)13-9-21/h3-17,30-31H,1-2H3,(H,29,32). The number of benzene rings is 4. The van der Waals surface area contributed by atoms with Crippen molar-refractivity contribution in [3.05, 3.63) is 107 Å². The van der Waals surface area contributed by atoms with Crippen LogP contribution in [0.15, 0.2) is 101 Å². The molecule has 0 aliphatic carbocycles. The lowest BCUT2D eigenvalue weighted by atomic mass is 10.2. The average Bonchev–Trinajstić information content (AvgIpc) is 2.90. The fraction of sp³-hybridized carbons (Fsp3) is 0.0741. The minimum atomic E-state index is -4.09. The third kappa shape index (κ3) is 6.69. The fourth-order valence-electron chi connectivity index (χ4n) is 3.53. The van der Waals surface area contributed by atoms with Gasteiger partial charge in [0, 0.05) is 16.9 Å². The van der Waals surface area contributed by atoms with Crippen LogP contribution < -0.4 is 19.5 Å². The zero-order valence-electron chi connectivity index (χ0n) is 20.8. The number of halogens is 1. The summed E-state index contributed by atoms with van der Waals surface area (Å²) in [6, 6.07) is 22.7. The maximum Gasteiger partial charge on any atom is 0.263 e. The van der Waals surface area contributed by atoms with Crippen molar-refractivity contribution >= 4 is 54.6 Å². The smallest absolute Gasteiger partial charge is 0.263 e. The van der Waals surface area contributed by atoms with Gasteiger partial charge in [-0.2, -0.15) is 0 Å². The first kappa shape index (κ1) is 28.0. The Balaban J connectivity index is 1.49. The number of sulfonamides is 2. The molecule has 1 amide bonds. The van der Waals surface area contributed by atoms with Crippen LogP contribution in [-0.4, -0.2) is 29.9 Å². The lowest BCUT2D eigenvalue weighted by molar-refractivity contribution is 0.102. The maximum absolute atomic E-state index is 13.0. The Hall–Kier alpha value is -4.06. The van der Waals surface area contributed by atoms with E-state index in [-0.39, 0.29) is 20.4 Å². The molecular formula is C27H24ClN3O6S2. The van der Waals surface area contributed by atoms with Crippen LogP contribution in [0.3, 0.4) is 0 Å². The Labute approximate surface area is 231 Å². The summed E-state index contributed by atoms with van der Waals surface area (Å²) in [5.41, 5.74) is 1.82. The van der Waals surface area contributed by atoms with E-state index in [1.807, 2.05) is 0 Å². The van der Waals surface area contributed by atoms with Crippen LogP contribution >= 0.6 is 11.6 Å². The van der Waals surface area contributed by atoms with Gasteiger partial charge >= 0.3 is 0 Å². The zero-order valence-corrected chi connectivity index (χ0v) is 23.2. The summed E-state index contributed by atoms with van der Waals surface area (Å²) in [4.78, 5) is 12.6. The topological polar surface area (TPSA) is 131 Å². The Bertz CT molecular complexity index is 1720. The van der Waals surface area contributed by atoms with Crippen LogP contribution in [0.5, 0.6) is 5.75 Å². The molecule has 202 valence electrons. The van der Waals surface area contributed by atoms with E-state index in [0.29, 0.717) is 22.8 Å². The molecule has 0 fully saturated rings. The summed E-state index contributed by atoms with van der Waals surface area (Å²) in [5.74, 6) is -0.0167. The molecule has 0 heterocycles. The third-order valence-corrected chi connectivity index (χ3v) is 8.88. The lowest BCUT2D eigenvalue weighted by Gasteiger charge is -2.13. The van der Waals surface area contributed by atoms with Gasteiger partial charge in [-0.3, -0.25) is 14.2 Å². The molecule has 3 N–H and O–H groups in total. The Kier molecular flexibility index (Phi) is 8.14. The van der Waals surface area contributed by atoms with Crippen LogP contribution in [-0.2, 0) is 20.0 Å². The van der Waals surface area contributed by atoms with Gasteiger partial charge < -0.3 is 10.1 Å². The molecular weight excluding hydrogens is 562 g/mol. The molecule has 0 aliphatic heterocycles. The number of nitrogens with one attached hydrogen (secondary N) is 3. The predicted octanol–water partition coefficient (Wildman–Crippen LogP) is 5.51. The molecule has 4 rings (SSSR count). The number of hydrogen-bond acceptors (Lipinski definition) is 6. The van der Waals surface area contributed by atoms with E-state index in [2.05, 4.69) is 14.8 Å². The highest BCUT2D eigenvalue weighted by atomic mass is 35.5. The van der Waals surface area contributed by atoms with Crippen molar-refractivity contribution < 1.29 is 26.4 Å². The minimum Gasteiger partial charge on any atom is -0.497 e. The molecule has 0 radical (unpaired) electrons. The van der Waals surface area contributed by atoms with E-state index in [4.69, 9.17) is 16.3 Å². The van der Waals surface area contributed by atoms with Crippen LogP contribution in [0, 0.1) is 6.92 Å². The van der Waals surface area contributed by atoms with Crippen molar-refractivity contribution in [2.75, 3.05) is 21.9 Å². The predicted molar refractivity (Wildman–Crippen MR) is 152 cm³/mol. The number of ether oxygens (including phenoxy) is 1. The van der Waals surface area contributed by atoms with Crippen LogP contribution in [0.2, 0.25) is 5.02 Å². The number of para-hydroxylation sites is 1. The Morgan fingerprint density at radius 1 is 0.769 bits per heavy atom. The number of hydrogen-bond donors (Lipinski definition) is 3. The van der Waals surface area contributed by atoms with Gasteiger partial charge in [-0.1, -0.05) is 29.8 Å². The molecule has 0 aromatic heterocycles. The van der Waals surface area contributed by atoms with E-state index < -0.39 is 26.0 Å². The molecule has 4 aromatic rings. The van der Waals surface area contributed by atoms with E-state index in [1.54, 1.807) is 55.5 Å². The number of amides is 1. The van der Waals surface area contributed by atoms with Crippen molar-refractivity contribution in [3.8, 4) is 5.75 Å². The van der Waals surface area contributed by atoms with Gasteiger partial charge in [0.1, 0.15) is 10.6 Å². The highest BCUT2D eigenvalue weighted by Gasteiger charge is 2.21. The largest absolute Gasteiger partial charge is 0.497 e. The number of methoxy groups -OCH3 is 1. The van der Waals surface area contributed by atoms with E-state index in [9.17, 15) is 21.6 Å². The molecule has 0 saturated carbocycles. The summed E-state index contributed by atoms with van der Waals surface area (Å²) in [7, 11) is -6.46. The molecule has 0 unspecified atom stereocenters. The molecule has 39 heavy (non-hydrogen) atoms. The van der Waals surface area contributed by atoms with Gasteiger partial charge in [0.25, 0.3) is 26.0 Å². The number of aryl methyl sites for hydroxylation is 1.